The molecule has 0 aliphatic heterocycles. The van der Waals surface area contributed by atoms with Crippen LogP contribution in [0.1, 0.15) is 37.0 Å². The Hall–Kier alpha value is -2.69. The average Bonchev–Trinajstić information content (AvgIpc) is 2.66. The maximum Gasteiger partial charge on any atom is 0.242 e. The van der Waals surface area contributed by atoms with Gasteiger partial charge in [-0.3, -0.25) is 9.59 Å². The van der Waals surface area contributed by atoms with Gasteiger partial charge in [-0.1, -0.05) is 48.0 Å². The fraction of sp³-hybridized carbons (Fsp3) is 0.364. The molecule has 0 saturated carbocycles. The highest BCUT2D eigenvalue weighted by Gasteiger charge is 2.26. The molecule has 0 unspecified atom stereocenters. The third-order valence-electron chi connectivity index (χ3n) is 4.56. The van der Waals surface area contributed by atoms with Crippen molar-refractivity contribution in [3.8, 4) is 0 Å². The summed E-state index contributed by atoms with van der Waals surface area (Å²) in [5, 5.41) is 2.73. The van der Waals surface area contributed by atoms with Gasteiger partial charge in [0.25, 0.3) is 0 Å². The van der Waals surface area contributed by atoms with Crippen LogP contribution in [0.4, 0.5) is 4.39 Å². The fourth-order valence-corrected chi connectivity index (χ4v) is 2.86. The van der Waals surface area contributed by atoms with Crippen molar-refractivity contribution in [3.63, 3.8) is 0 Å². The lowest BCUT2D eigenvalue weighted by Gasteiger charge is -2.29. The number of benzene rings is 2. The molecular formula is C22H27FN2O2. The summed E-state index contributed by atoms with van der Waals surface area (Å²) in [7, 11) is 0. The Morgan fingerprint density at radius 1 is 1.11 bits per heavy atom. The number of aryl methyl sites for hydroxylation is 2. The zero-order chi connectivity index (χ0) is 19.8. The van der Waals surface area contributed by atoms with Gasteiger partial charge >= 0.3 is 0 Å². The predicted octanol–water partition coefficient (Wildman–Crippen LogP) is 3.62. The molecule has 0 aliphatic carbocycles. The van der Waals surface area contributed by atoms with Gasteiger partial charge in [-0.25, -0.2) is 4.39 Å². The second-order valence-electron chi connectivity index (χ2n) is 6.67. The smallest absolute Gasteiger partial charge is 0.242 e. The molecule has 1 N–H and O–H groups in total. The lowest BCUT2D eigenvalue weighted by molar-refractivity contribution is -0.140. The van der Waals surface area contributed by atoms with Crippen LogP contribution < -0.4 is 5.32 Å². The number of hydrogen-bond acceptors (Lipinski definition) is 2. The van der Waals surface area contributed by atoms with E-state index in [-0.39, 0.29) is 30.6 Å². The van der Waals surface area contributed by atoms with Crippen LogP contribution in [0.25, 0.3) is 0 Å². The number of hydrogen-bond donors (Lipinski definition) is 1. The van der Waals surface area contributed by atoms with E-state index in [4.69, 9.17) is 0 Å². The number of nitrogens with zero attached hydrogens (tertiary/aromatic N) is 1. The number of halogens is 1. The van der Waals surface area contributed by atoms with E-state index in [1.807, 2.05) is 38.1 Å². The zero-order valence-electron chi connectivity index (χ0n) is 16.2. The Labute approximate surface area is 160 Å². The summed E-state index contributed by atoms with van der Waals surface area (Å²) in [6, 6.07) is 13.7. The molecule has 0 heterocycles. The molecule has 0 bridgehead atoms. The highest BCUT2D eigenvalue weighted by Crippen LogP contribution is 2.15. The van der Waals surface area contributed by atoms with E-state index in [9.17, 15) is 14.0 Å². The summed E-state index contributed by atoms with van der Waals surface area (Å²) < 4.78 is 14.1. The lowest BCUT2D eigenvalue weighted by atomic mass is 10.1. The van der Waals surface area contributed by atoms with Crippen LogP contribution >= 0.6 is 0 Å². The zero-order valence-corrected chi connectivity index (χ0v) is 16.2. The van der Waals surface area contributed by atoms with Gasteiger partial charge in [-0.05, 0) is 38.8 Å². The van der Waals surface area contributed by atoms with Crippen molar-refractivity contribution in [1.29, 1.82) is 0 Å². The van der Waals surface area contributed by atoms with Crippen LogP contribution in [0.15, 0.2) is 48.5 Å². The van der Waals surface area contributed by atoms with Gasteiger partial charge in [0.1, 0.15) is 11.9 Å². The quantitative estimate of drug-likeness (QED) is 0.772. The first-order chi connectivity index (χ1) is 12.9. The minimum atomic E-state index is -0.671. The third-order valence-corrected chi connectivity index (χ3v) is 4.56. The molecule has 4 nitrogen and oxygen atoms in total. The molecule has 0 aromatic heterocycles. The van der Waals surface area contributed by atoms with E-state index < -0.39 is 6.04 Å². The van der Waals surface area contributed by atoms with Crippen LogP contribution in [-0.4, -0.2) is 29.3 Å². The summed E-state index contributed by atoms with van der Waals surface area (Å²) in [4.78, 5) is 26.6. The molecule has 144 valence electrons. The first-order valence-electron chi connectivity index (χ1n) is 9.28. The molecular weight excluding hydrogens is 343 g/mol. The van der Waals surface area contributed by atoms with Crippen molar-refractivity contribution in [2.45, 2.75) is 46.2 Å². The minimum Gasteiger partial charge on any atom is -0.355 e. The molecule has 2 rings (SSSR count). The number of likely N-dealkylation sites (N-methyl/N-ethyl adjacent to an activating group) is 1. The maximum absolute atomic E-state index is 14.1. The summed E-state index contributed by atoms with van der Waals surface area (Å²) in [5.74, 6) is -0.785. The molecule has 1 atom stereocenters. The van der Waals surface area contributed by atoms with Crippen molar-refractivity contribution in [2.75, 3.05) is 6.54 Å². The molecule has 0 saturated heterocycles. The van der Waals surface area contributed by atoms with E-state index >= 15 is 0 Å². The van der Waals surface area contributed by atoms with Crippen molar-refractivity contribution in [1.82, 2.24) is 10.2 Å². The van der Waals surface area contributed by atoms with Gasteiger partial charge in [0.15, 0.2) is 0 Å². The van der Waals surface area contributed by atoms with E-state index in [1.54, 1.807) is 25.1 Å². The summed E-state index contributed by atoms with van der Waals surface area (Å²) in [6.45, 7) is 6.06. The van der Waals surface area contributed by atoms with E-state index in [2.05, 4.69) is 5.32 Å². The predicted molar refractivity (Wildman–Crippen MR) is 105 cm³/mol. The molecule has 2 aromatic rings. The first kappa shape index (κ1) is 20.6. The summed E-state index contributed by atoms with van der Waals surface area (Å²) in [6.07, 6.45) is 0.844. The number of carbonyl (C=O) groups excluding carboxylic acids is 2. The maximum atomic E-state index is 14.1. The standard InChI is InChI=1S/C22H27FN2O2/c1-4-24-22(27)17(3)25(15-19-7-5-6-8-20(19)23)21(26)14-13-18-11-9-16(2)10-12-18/h5-12,17H,4,13-15H2,1-3H3,(H,24,27)/t17-/m0/s1. The Morgan fingerprint density at radius 2 is 1.78 bits per heavy atom. The van der Waals surface area contributed by atoms with Gasteiger partial charge in [0, 0.05) is 25.1 Å². The molecule has 2 amide bonds. The summed E-state index contributed by atoms with van der Waals surface area (Å²) >= 11 is 0. The Kier molecular flexibility index (Phi) is 7.53. The monoisotopic (exact) mass is 370 g/mol. The molecule has 5 heteroatoms. The van der Waals surface area contributed by atoms with Crippen molar-refractivity contribution in [2.24, 2.45) is 0 Å². The molecule has 27 heavy (non-hydrogen) atoms. The second kappa shape index (κ2) is 9.86. The molecule has 2 aromatic carbocycles. The van der Waals surface area contributed by atoms with Gasteiger partial charge in [0.05, 0.1) is 0 Å². The van der Waals surface area contributed by atoms with Crippen LogP contribution in [-0.2, 0) is 22.6 Å². The second-order valence-corrected chi connectivity index (χ2v) is 6.67. The topological polar surface area (TPSA) is 49.4 Å². The highest BCUT2D eigenvalue weighted by atomic mass is 19.1. The number of amides is 2. The van der Waals surface area contributed by atoms with Crippen molar-refractivity contribution < 1.29 is 14.0 Å². The largest absolute Gasteiger partial charge is 0.355 e. The van der Waals surface area contributed by atoms with E-state index in [0.29, 0.717) is 18.5 Å². The molecule has 0 aliphatic rings. The average molecular weight is 370 g/mol. The van der Waals surface area contributed by atoms with Crippen LogP contribution in [0, 0.1) is 12.7 Å². The van der Waals surface area contributed by atoms with Gasteiger partial charge in [0.2, 0.25) is 11.8 Å². The highest BCUT2D eigenvalue weighted by molar-refractivity contribution is 5.87. The van der Waals surface area contributed by atoms with Crippen molar-refractivity contribution in [3.05, 3.63) is 71.0 Å². The van der Waals surface area contributed by atoms with E-state index in [0.717, 1.165) is 11.1 Å². The van der Waals surface area contributed by atoms with Crippen LogP contribution in [0.2, 0.25) is 0 Å². The van der Waals surface area contributed by atoms with Gasteiger partial charge < -0.3 is 10.2 Å². The SMILES string of the molecule is CCNC(=O)[C@H](C)N(Cc1ccccc1F)C(=O)CCc1ccc(C)cc1. The Balaban J connectivity index is 2.14. The molecule has 0 radical (unpaired) electrons. The Bertz CT molecular complexity index is 774. The number of rotatable bonds is 8. The van der Waals surface area contributed by atoms with E-state index in [1.165, 1.54) is 11.0 Å². The lowest BCUT2D eigenvalue weighted by Crippen LogP contribution is -2.47. The van der Waals surface area contributed by atoms with Crippen LogP contribution in [0.3, 0.4) is 0 Å². The molecule has 0 spiro atoms. The van der Waals surface area contributed by atoms with Crippen molar-refractivity contribution >= 4 is 11.8 Å². The fourth-order valence-electron chi connectivity index (χ4n) is 2.86. The van der Waals surface area contributed by atoms with Gasteiger partial charge in [-0.2, -0.15) is 0 Å². The third kappa shape index (κ3) is 5.91. The normalized spacial score (nSPS) is 11.7. The summed E-state index contributed by atoms with van der Waals surface area (Å²) in [5.41, 5.74) is 2.62. The minimum absolute atomic E-state index is 0.0672. The first-order valence-corrected chi connectivity index (χ1v) is 9.28. The molecule has 0 fully saturated rings. The Morgan fingerprint density at radius 3 is 2.41 bits per heavy atom. The van der Waals surface area contributed by atoms with Crippen LogP contribution in [0.5, 0.6) is 0 Å². The number of carbonyl (C=O) groups is 2. The van der Waals surface area contributed by atoms with Gasteiger partial charge in [-0.15, -0.1) is 0 Å². The number of nitrogens with one attached hydrogen (secondary N) is 1.